The zero-order chi connectivity index (χ0) is 26.3. The molecule has 3 atom stereocenters. The Morgan fingerprint density at radius 3 is 2.61 bits per heavy atom. The SMILES string of the molecule is COCC1(F)CC(Cn2cccn2)(C(=O)O)N(C(=O)c2ccc(C(C)(C)C)c(Br)c2)C1c1nccs1. The van der Waals surface area contributed by atoms with Crippen LogP contribution in [0, 0.1) is 0 Å². The summed E-state index contributed by atoms with van der Waals surface area (Å²) >= 11 is 4.73. The van der Waals surface area contributed by atoms with Crippen molar-refractivity contribution in [2.45, 2.75) is 56.4 Å². The number of aliphatic carboxylic acids is 1. The molecule has 8 nitrogen and oxygen atoms in total. The van der Waals surface area contributed by atoms with Gasteiger partial charge in [-0.05, 0) is 29.2 Å². The maximum atomic E-state index is 16.8. The molecule has 0 aliphatic carbocycles. The third-order valence-electron chi connectivity index (χ3n) is 6.49. The minimum Gasteiger partial charge on any atom is -0.479 e. The summed E-state index contributed by atoms with van der Waals surface area (Å²) in [5, 5.41) is 16.7. The highest BCUT2D eigenvalue weighted by Crippen LogP contribution is 2.53. The lowest BCUT2D eigenvalue weighted by atomic mass is 9.86. The first-order valence-electron chi connectivity index (χ1n) is 11.3. The quantitative estimate of drug-likeness (QED) is 0.429. The van der Waals surface area contributed by atoms with E-state index in [1.807, 2.05) is 6.07 Å². The fourth-order valence-electron chi connectivity index (χ4n) is 4.97. The number of carbonyl (C=O) groups is 2. The van der Waals surface area contributed by atoms with Crippen molar-refractivity contribution in [3.63, 3.8) is 0 Å². The van der Waals surface area contributed by atoms with E-state index in [1.165, 1.54) is 35.5 Å². The first-order valence-corrected chi connectivity index (χ1v) is 13.0. The van der Waals surface area contributed by atoms with E-state index in [4.69, 9.17) is 4.74 Å². The van der Waals surface area contributed by atoms with Crippen molar-refractivity contribution in [1.82, 2.24) is 19.7 Å². The molecule has 3 heterocycles. The van der Waals surface area contributed by atoms with E-state index in [-0.39, 0.29) is 17.5 Å². The molecule has 1 fully saturated rings. The van der Waals surface area contributed by atoms with Gasteiger partial charge in [0, 0.05) is 47.5 Å². The number of amides is 1. The lowest BCUT2D eigenvalue weighted by Crippen LogP contribution is -2.56. The fourth-order valence-corrected chi connectivity index (χ4v) is 6.77. The Kier molecular flexibility index (Phi) is 7.11. The number of hydrogen-bond donors (Lipinski definition) is 1. The molecule has 11 heteroatoms. The van der Waals surface area contributed by atoms with Crippen LogP contribution in [0.15, 0.2) is 52.7 Å². The molecular formula is C25H28BrFN4O4S. The number of carbonyl (C=O) groups excluding carboxylic acids is 1. The van der Waals surface area contributed by atoms with Crippen LogP contribution < -0.4 is 0 Å². The first kappa shape index (κ1) is 26.4. The molecule has 1 saturated heterocycles. The summed E-state index contributed by atoms with van der Waals surface area (Å²) in [5.41, 5.74) is -3.10. The van der Waals surface area contributed by atoms with Gasteiger partial charge in [-0.2, -0.15) is 5.10 Å². The summed E-state index contributed by atoms with van der Waals surface area (Å²) in [6.45, 7) is 5.52. The van der Waals surface area contributed by atoms with E-state index < -0.39 is 42.2 Å². The standard InChI is InChI=1S/C25H28BrFN4O4S/c1-23(2,3)17-7-6-16(12-18(17)26)21(32)31-19(20-28-9-11-36-20)24(27,15-35-4)13-25(31,22(33)34)14-30-10-5-8-29-30/h5-12,19H,13-15H2,1-4H3,(H,33,34). The number of carboxylic acid groups (broad SMARTS) is 1. The minimum absolute atomic E-state index is 0.186. The Hall–Kier alpha value is -2.63. The van der Waals surface area contributed by atoms with Crippen LogP contribution in [-0.4, -0.2) is 61.6 Å². The minimum atomic E-state index is -2.20. The second kappa shape index (κ2) is 9.68. The molecule has 192 valence electrons. The third-order valence-corrected chi connectivity index (χ3v) is 7.97. The van der Waals surface area contributed by atoms with Gasteiger partial charge in [0.1, 0.15) is 11.0 Å². The van der Waals surface area contributed by atoms with Gasteiger partial charge in [-0.3, -0.25) is 9.48 Å². The van der Waals surface area contributed by atoms with E-state index in [2.05, 4.69) is 46.8 Å². The van der Waals surface area contributed by atoms with Crippen molar-refractivity contribution in [2.75, 3.05) is 13.7 Å². The molecule has 0 radical (unpaired) electrons. The number of nitrogens with zero attached hydrogens (tertiary/aromatic N) is 4. The van der Waals surface area contributed by atoms with Crippen LogP contribution in [0.25, 0.3) is 0 Å². The number of methoxy groups -OCH3 is 1. The first-order chi connectivity index (χ1) is 16.9. The van der Waals surface area contributed by atoms with Gasteiger partial charge < -0.3 is 14.7 Å². The molecule has 0 saturated carbocycles. The molecule has 1 aliphatic rings. The molecule has 1 aromatic carbocycles. The number of aromatic nitrogens is 3. The highest BCUT2D eigenvalue weighted by molar-refractivity contribution is 9.10. The van der Waals surface area contributed by atoms with Crippen LogP contribution in [0.3, 0.4) is 0 Å². The van der Waals surface area contributed by atoms with Crippen LogP contribution in [0.1, 0.15) is 54.2 Å². The molecule has 1 aliphatic heterocycles. The molecule has 3 unspecified atom stereocenters. The number of hydrogen-bond acceptors (Lipinski definition) is 6. The van der Waals surface area contributed by atoms with Crippen molar-refractivity contribution < 1.29 is 23.8 Å². The second-order valence-electron chi connectivity index (χ2n) is 10.1. The predicted octanol–water partition coefficient (Wildman–Crippen LogP) is 4.87. The smallest absolute Gasteiger partial charge is 0.331 e. The number of halogens is 2. The normalized spacial score (nSPS) is 24.3. The van der Waals surface area contributed by atoms with Gasteiger partial charge in [0.25, 0.3) is 5.91 Å². The highest BCUT2D eigenvalue weighted by Gasteiger charge is 2.67. The molecule has 1 amide bonds. The fraction of sp³-hybridized carbons (Fsp3) is 0.440. The Morgan fingerprint density at radius 2 is 2.08 bits per heavy atom. The number of ether oxygens (including phenoxy) is 1. The van der Waals surface area contributed by atoms with E-state index in [0.29, 0.717) is 9.48 Å². The Balaban J connectivity index is 1.92. The van der Waals surface area contributed by atoms with Gasteiger partial charge in [-0.15, -0.1) is 11.3 Å². The van der Waals surface area contributed by atoms with Crippen LogP contribution in [0.2, 0.25) is 0 Å². The van der Waals surface area contributed by atoms with Gasteiger partial charge in [0.05, 0.1) is 13.2 Å². The number of benzene rings is 1. The lowest BCUT2D eigenvalue weighted by molar-refractivity contribution is -0.150. The molecular weight excluding hydrogens is 551 g/mol. The summed E-state index contributed by atoms with van der Waals surface area (Å²) in [4.78, 5) is 32.6. The van der Waals surface area contributed by atoms with Crippen LogP contribution in [-0.2, 0) is 21.5 Å². The zero-order valence-corrected chi connectivity index (χ0v) is 22.8. The lowest BCUT2D eigenvalue weighted by Gasteiger charge is -2.37. The Morgan fingerprint density at radius 1 is 1.33 bits per heavy atom. The van der Waals surface area contributed by atoms with Crippen molar-refractivity contribution in [2.24, 2.45) is 0 Å². The van der Waals surface area contributed by atoms with E-state index in [9.17, 15) is 14.7 Å². The highest BCUT2D eigenvalue weighted by atomic mass is 79.9. The predicted molar refractivity (Wildman–Crippen MR) is 137 cm³/mol. The van der Waals surface area contributed by atoms with Gasteiger partial charge in [0.2, 0.25) is 0 Å². The Bertz CT molecular complexity index is 1250. The zero-order valence-electron chi connectivity index (χ0n) is 20.4. The van der Waals surface area contributed by atoms with Crippen LogP contribution in [0.5, 0.6) is 0 Å². The topological polar surface area (TPSA) is 97.5 Å². The number of alkyl halides is 1. The summed E-state index contributed by atoms with van der Waals surface area (Å²) in [7, 11) is 1.35. The van der Waals surface area contributed by atoms with E-state index in [0.717, 1.165) is 10.5 Å². The summed E-state index contributed by atoms with van der Waals surface area (Å²) < 4.78 is 24.1. The molecule has 36 heavy (non-hydrogen) atoms. The van der Waals surface area contributed by atoms with Gasteiger partial charge in [-0.1, -0.05) is 42.8 Å². The molecule has 2 aromatic heterocycles. The molecule has 3 aromatic rings. The van der Waals surface area contributed by atoms with Gasteiger partial charge >= 0.3 is 5.97 Å². The number of carboxylic acids is 1. The molecule has 0 bridgehead atoms. The van der Waals surface area contributed by atoms with Crippen molar-refractivity contribution >= 4 is 39.1 Å². The summed E-state index contributed by atoms with van der Waals surface area (Å²) in [5.74, 6) is -1.93. The van der Waals surface area contributed by atoms with E-state index in [1.54, 1.807) is 29.8 Å². The van der Waals surface area contributed by atoms with Crippen LogP contribution in [0.4, 0.5) is 4.39 Å². The van der Waals surface area contributed by atoms with Crippen LogP contribution >= 0.6 is 27.3 Å². The number of likely N-dealkylation sites (tertiary alicyclic amines) is 1. The third kappa shape index (κ3) is 4.59. The van der Waals surface area contributed by atoms with Gasteiger partial charge in [0.15, 0.2) is 11.2 Å². The average Bonchev–Trinajstić information content (AvgIpc) is 3.53. The Labute approximate surface area is 221 Å². The molecule has 1 N–H and O–H groups in total. The molecule has 0 spiro atoms. The van der Waals surface area contributed by atoms with Crippen molar-refractivity contribution in [1.29, 1.82) is 0 Å². The number of rotatable bonds is 7. The largest absolute Gasteiger partial charge is 0.479 e. The van der Waals surface area contributed by atoms with Gasteiger partial charge in [-0.25, -0.2) is 14.2 Å². The van der Waals surface area contributed by atoms with E-state index >= 15 is 4.39 Å². The second-order valence-corrected chi connectivity index (χ2v) is 11.9. The molecule has 4 rings (SSSR count). The maximum Gasteiger partial charge on any atom is 0.331 e. The average molecular weight is 579 g/mol. The summed E-state index contributed by atoms with van der Waals surface area (Å²) in [6, 6.07) is 5.53. The maximum absolute atomic E-state index is 16.8. The summed E-state index contributed by atoms with van der Waals surface area (Å²) in [6.07, 6.45) is 4.13. The number of thiazole rings is 1. The van der Waals surface area contributed by atoms with Crippen molar-refractivity contribution in [3.05, 3.63) is 68.8 Å². The monoisotopic (exact) mass is 578 g/mol. The van der Waals surface area contributed by atoms with Crippen molar-refractivity contribution in [3.8, 4) is 0 Å².